The third-order valence-corrected chi connectivity index (χ3v) is 3.07. The predicted octanol–water partition coefficient (Wildman–Crippen LogP) is 3.20. The zero-order chi connectivity index (χ0) is 10.7. The van der Waals surface area contributed by atoms with E-state index in [1.165, 1.54) is 0 Å². The van der Waals surface area contributed by atoms with Crippen LogP contribution in [0.25, 0.3) is 11.4 Å². The summed E-state index contributed by atoms with van der Waals surface area (Å²) in [5, 5.41) is 0.727. The summed E-state index contributed by atoms with van der Waals surface area (Å²) in [6, 6.07) is 3.77. The van der Waals surface area contributed by atoms with Crippen molar-refractivity contribution >= 4 is 31.9 Å². The lowest BCUT2D eigenvalue weighted by atomic mass is 10.2. The standard InChI is InChI=1S/C10H7Br2N3/c11-5-7-1-4-14-10(15-7)8-2-3-13-6-9(8)12/h1-4,6H,5H2. The van der Waals surface area contributed by atoms with Crippen LogP contribution in [0.4, 0.5) is 0 Å². The number of halogens is 2. The molecule has 0 saturated carbocycles. The fraction of sp³-hybridized carbons (Fsp3) is 0.100. The van der Waals surface area contributed by atoms with E-state index in [0.717, 1.165) is 21.1 Å². The zero-order valence-corrected chi connectivity index (χ0v) is 10.9. The van der Waals surface area contributed by atoms with Gasteiger partial charge in [-0.2, -0.15) is 0 Å². The van der Waals surface area contributed by atoms with Gasteiger partial charge in [-0.1, -0.05) is 15.9 Å². The van der Waals surface area contributed by atoms with Crippen LogP contribution in [0.5, 0.6) is 0 Å². The molecule has 0 fully saturated rings. The minimum absolute atomic E-state index is 0.709. The van der Waals surface area contributed by atoms with Gasteiger partial charge in [-0.05, 0) is 28.1 Å². The first kappa shape index (κ1) is 10.7. The highest BCUT2D eigenvalue weighted by Crippen LogP contribution is 2.23. The predicted molar refractivity (Wildman–Crippen MR) is 65.6 cm³/mol. The number of aromatic nitrogens is 3. The van der Waals surface area contributed by atoms with Crippen molar-refractivity contribution in [3.05, 3.63) is 40.9 Å². The maximum Gasteiger partial charge on any atom is 0.160 e. The first-order valence-electron chi connectivity index (χ1n) is 4.29. The fourth-order valence-corrected chi connectivity index (χ4v) is 1.90. The molecule has 76 valence electrons. The Bertz CT molecular complexity index is 474. The molecular weight excluding hydrogens is 322 g/mol. The minimum atomic E-state index is 0.709. The fourth-order valence-electron chi connectivity index (χ4n) is 1.16. The average Bonchev–Trinajstić information content (AvgIpc) is 2.30. The Kier molecular flexibility index (Phi) is 3.43. The molecule has 0 aliphatic heterocycles. The Balaban J connectivity index is 2.49. The molecule has 0 N–H and O–H groups in total. The van der Waals surface area contributed by atoms with Gasteiger partial charge in [0.1, 0.15) is 0 Å². The van der Waals surface area contributed by atoms with Gasteiger partial charge in [0, 0.05) is 34.0 Å². The van der Waals surface area contributed by atoms with Crippen molar-refractivity contribution in [3.8, 4) is 11.4 Å². The molecule has 2 heterocycles. The molecule has 0 aliphatic rings. The molecule has 0 amide bonds. The van der Waals surface area contributed by atoms with Gasteiger partial charge < -0.3 is 0 Å². The summed E-state index contributed by atoms with van der Waals surface area (Å²) in [7, 11) is 0. The number of alkyl halides is 1. The SMILES string of the molecule is BrCc1ccnc(-c2ccncc2Br)n1. The Hall–Kier alpha value is -0.810. The Morgan fingerprint density at radius 2 is 2.07 bits per heavy atom. The molecule has 0 radical (unpaired) electrons. The van der Waals surface area contributed by atoms with Crippen LogP contribution < -0.4 is 0 Å². The molecule has 0 aromatic carbocycles. The van der Waals surface area contributed by atoms with Gasteiger partial charge in [0.15, 0.2) is 5.82 Å². The highest BCUT2D eigenvalue weighted by molar-refractivity contribution is 9.10. The van der Waals surface area contributed by atoms with Crippen LogP contribution >= 0.6 is 31.9 Å². The quantitative estimate of drug-likeness (QED) is 0.795. The number of hydrogen-bond acceptors (Lipinski definition) is 3. The third-order valence-electron chi connectivity index (χ3n) is 1.86. The van der Waals surface area contributed by atoms with E-state index in [1.807, 2.05) is 12.1 Å². The average molecular weight is 329 g/mol. The normalized spacial score (nSPS) is 10.3. The van der Waals surface area contributed by atoms with E-state index < -0.39 is 0 Å². The molecule has 0 spiro atoms. The topological polar surface area (TPSA) is 38.7 Å². The van der Waals surface area contributed by atoms with E-state index in [-0.39, 0.29) is 0 Å². The molecule has 0 unspecified atom stereocenters. The molecule has 0 atom stereocenters. The Labute approximate surface area is 104 Å². The van der Waals surface area contributed by atoms with Crippen LogP contribution in [0, 0.1) is 0 Å². The van der Waals surface area contributed by atoms with E-state index in [0.29, 0.717) is 5.82 Å². The van der Waals surface area contributed by atoms with Crippen molar-refractivity contribution in [1.29, 1.82) is 0 Å². The highest BCUT2D eigenvalue weighted by Gasteiger charge is 2.05. The van der Waals surface area contributed by atoms with E-state index in [1.54, 1.807) is 18.6 Å². The van der Waals surface area contributed by atoms with E-state index >= 15 is 0 Å². The second kappa shape index (κ2) is 4.81. The lowest BCUT2D eigenvalue weighted by Crippen LogP contribution is -1.93. The summed E-state index contributed by atoms with van der Waals surface area (Å²) in [5.74, 6) is 0.709. The second-order valence-corrected chi connectivity index (χ2v) is 4.28. The largest absolute Gasteiger partial charge is 0.264 e. The van der Waals surface area contributed by atoms with Crippen molar-refractivity contribution in [3.63, 3.8) is 0 Å². The van der Waals surface area contributed by atoms with Gasteiger partial charge in [-0.25, -0.2) is 9.97 Å². The lowest BCUT2D eigenvalue weighted by Gasteiger charge is -2.03. The second-order valence-electron chi connectivity index (χ2n) is 2.86. The van der Waals surface area contributed by atoms with E-state index in [4.69, 9.17) is 0 Å². The van der Waals surface area contributed by atoms with Crippen molar-refractivity contribution in [2.45, 2.75) is 5.33 Å². The third kappa shape index (κ3) is 2.41. The molecule has 3 nitrogen and oxygen atoms in total. The van der Waals surface area contributed by atoms with E-state index in [9.17, 15) is 0 Å². The molecule has 5 heteroatoms. The van der Waals surface area contributed by atoms with Gasteiger partial charge in [-0.15, -0.1) is 0 Å². The molecule has 2 aromatic heterocycles. The zero-order valence-electron chi connectivity index (χ0n) is 7.69. The molecule has 15 heavy (non-hydrogen) atoms. The van der Waals surface area contributed by atoms with Crippen molar-refractivity contribution < 1.29 is 0 Å². The van der Waals surface area contributed by atoms with Crippen LogP contribution in [0.2, 0.25) is 0 Å². The summed E-state index contributed by atoms with van der Waals surface area (Å²) < 4.78 is 0.900. The number of pyridine rings is 1. The van der Waals surface area contributed by atoms with Gasteiger partial charge in [0.25, 0.3) is 0 Å². The lowest BCUT2D eigenvalue weighted by molar-refractivity contribution is 1.10. The minimum Gasteiger partial charge on any atom is -0.264 e. The van der Waals surface area contributed by atoms with Gasteiger partial charge in [0.2, 0.25) is 0 Å². The van der Waals surface area contributed by atoms with Crippen LogP contribution in [-0.2, 0) is 5.33 Å². The van der Waals surface area contributed by atoms with Gasteiger partial charge >= 0.3 is 0 Å². The summed E-state index contributed by atoms with van der Waals surface area (Å²) in [4.78, 5) is 12.6. The van der Waals surface area contributed by atoms with Crippen LogP contribution in [-0.4, -0.2) is 15.0 Å². The maximum atomic E-state index is 4.41. The molecule has 2 rings (SSSR count). The highest BCUT2D eigenvalue weighted by atomic mass is 79.9. The maximum absolute atomic E-state index is 4.41. The van der Waals surface area contributed by atoms with E-state index in [2.05, 4.69) is 46.8 Å². The smallest absolute Gasteiger partial charge is 0.160 e. The van der Waals surface area contributed by atoms with Crippen molar-refractivity contribution in [2.24, 2.45) is 0 Å². The summed E-state index contributed by atoms with van der Waals surface area (Å²) in [6.45, 7) is 0. The summed E-state index contributed by atoms with van der Waals surface area (Å²) >= 11 is 6.79. The number of hydrogen-bond donors (Lipinski definition) is 0. The number of nitrogens with zero attached hydrogens (tertiary/aromatic N) is 3. The monoisotopic (exact) mass is 327 g/mol. The Morgan fingerprint density at radius 3 is 2.80 bits per heavy atom. The molecular formula is C10H7Br2N3. The molecule has 0 aliphatic carbocycles. The first-order chi connectivity index (χ1) is 7.31. The molecule has 0 bridgehead atoms. The van der Waals surface area contributed by atoms with Crippen LogP contribution in [0.1, 0.15) is 5.69 Å². The van der Waals surface area contributed by atoms with Crippen molar-refractivity contribution in [1.82, 2.24) is 15.0 Å². The van der Waals surface area contributed by atoms with Gasteiger partial charge in [-0.3, -0.25) is 4.98 Å². The summed E-state index contributed by atoms with van der Waals surface area (Å²) in [6.07, 6.45) is 5.22. The van der Waals surface area contributed by atoms with Crippen molar-refractivity contribution in [2.75, 3.05) is 0 Å². The molecule has 2 aromatic rings. The Morgan fingerprint density at radius 1 is 1.20 bits per heavy atom. The van der Waals surface area contributed by atoms with Crippen LogP contribution in [0.15, 0.2) is 35.2 Å². The van der Waals surface area contributed by atoms with Crippen LogP contribution in [0.3, 0.4) is 0 Å². The summed E-state index contributed by atoms with van der Waals surface area (Å²) in [5.41, 5.74) is 1.91. The first-order valence-corrected chi connectivity index (χ1v) is 6.20. The van der Waals surface area contributed by atoms with Gasteiger partial charge in [0.05, 0.1) is 5.69 Å². The number of rotatable bonds is 2. The molecule has 0 saturated heterocycles.